The fraction of sp³-hybridized carbons (Fsp3) is 0.571. The summed E-state index contributed by atoms with van der Waals surface area (Å²) in [6, 6.07) is 0. The number of nitrogens with zero attached hydrogens (tertiary/aromatic N) is 5. The lowest BCUT2D eigenvalue weighted by Gasteiger charge is -2.31. The molecule has 0 bridgehead atoms. The molecule has 0 unspecified atom stereocenters. The minimum absolute atomic E-state index is 0.179. The largest absolute Gasteiger partial charge is 0.473 e. The number of piperidine rings is 1. The molecule has 3 heterocycles. The van der Waals surface area contributed by atoms with E-state index in [2.05, 4.69) is 24.2 Å². The first-order valence-electron chi connectivity index (χ1n) is 7.26. The van der Waals surface area contributed by atoms with Gasteiger partial charge in [-0.1, -0.05) is 0 Å². The van der Waals surface area contributed by atoms with Crippen molar-refractivity contribution in [2.75, 3.05) is 25.1 Å². The molecule has 0 aromatic carbocycles. The summed E-state index contributed by atoms with van der Waals surface area (Å²) >= 11 is 1.42. The van der Waals surface area contributed by atoms with Crippen molar-refractivity contribution in [1.29, 1.82) is 0 Å². The number of ether oxygens (including phenoxy) is 2. The van der Waals surface area contributed by atoms with Crippen LogP contribution in [0, 0.1) is 6.92 Å². The van der Waals surface area contributed by atoms with E-state index < -0.39 is 0 Å². The molecule has 2 aromatic heterocycles. The quantitative estimate of drug-likeness (QED) is 0.831. The second-order valence-electron chi connectivity index (χ2n) is 5.23. The number of rotatable bonds is 5. The zero-order valence-electron chi connectivity index (χ0n) is 12.7. The SMILES string of the molecule is COCc1nsc(N2CCC(Oc3cncc(C)n3)CC2)n1. The molecule has 0 spiro atoms. The minimum atomic E-state index is 0.179. The minimum Gasteiger partial charge on any atom is -0.473 e. The highest BCUT2D eigenvalue weighted by molar-refractivity contribution is 7.09. The highest BCUT2D eigenvalue weighted by Gasteiger charge is 2.23. The molecular formula is C14H19N5O2S. The van der Waals surface area contributed by atoms with Crippen molar-refractivity contribution in [1.82, 2.24) is 19.3 Å². The van der Waals surface area contributed by atoms with Gasteiger partial charge < -0.3 is 14.4 Å². The summed E-state index contributed by atoms with van der Waals surface area (Å²) in [5.74, 6) is 1.35. The molecular weight excluding hydrogens is 302 g/mol. The Labute approximate surface area is 133 Å². The van der Waals surface area contributed by atoms with Gasteiger partial charge in [0, 0.05) is 50.8 Å². The van der Waals surface area contributed by atoms with Crippen LogP contribution < -0.4 is 9.64 Å². The average molecular weight is 321 g/mol. The van der Waals surface area contributed by atoms with Crippen molar-refractivity contribution >= 4 is 16.7 Å². The summed E-state index contributed by atoms with van der Waals surface area (Å²) in [5, 5.41) is 0.959. The van der Waals surface area contributed by atoms with Crippen LogP contribution in [0.2, 0.25) is 0 Å². The maximum absolute atomic E-state index is 5.91. The van der Waals surface area contributed by atoms with Gasteiger partial charge in [0.15, 0.2) is 5.82 Å². The summed E-state index contributed by atoms with van der Waals surface area (Å²) in [7, 11) is 1.65. The molecule has 7 nitrogen and oxygen atoms in total. The second-order valence-corrected chi connectivity index (χ2v) is 5.96. The predicted molar refractivity (Wildman–Crippen MR) is 83.3 cm³/mol. The number of hydrogen-bond donors (Lipinski definition) is 0. The molecule has 0 N–H and O–H groups in total. The first-order chi connectivity index (χ1) is 10.7. The fourth-order valence-corrected chi connectivity index (χ4v) is 3.12. The van der Waals surface area contributed by atoms with Crippen LogP contribution in [0.5, 0.6) is 5.88 Å². The Morgan fingerprint density at radius 3 is 2.82 bits per heavy atom. The molecule has 1 fully saturated rings. The normalized spacial score (nSPS) is 16.0. The number of methoxy groups -OCH3 is 1. The van der Waals surface area contributed by atoms with Crippen LogP contribution >= 0.6 is 11.5 Å². The standard InChI is InChI=1S/C14H19N5O2S/c1-10-7-15-8-13(16-10)21-11-3-5-19(6-4-11)14-17-12(9-20-2)18-22-14/h7-8,11H,3-6,9H2,1-2H3. The third-order valence-corrected chi connectivity index (χ3v) is 4.28. The van der Waals surface area contributed by atoms with E-state index >= 15 is 0 Å². The third-order valence-electron chi connectivity index (χ3n) is 3.46. The summed E-state index contributed by atoms with van der Waals surface area (Å²) < 4.78 is 15.3. The molecule has 1 aliphatic rings. The Hall–Kier alpha value is -1.80. The van der Waals surface area contributed by atoms with E-state index in [0.29, 0.717) is 12.5 Å². The molecule has 0 atom stereocenters. The van der Waals surface area contributed by atoms with E-state index in [4.69, 9.17) is 9.47 Å². The van der Waals surface area contributed by atoms with E-state index in [-0.39, 0.29) is 6.10 Å². The van der Waals surface area contributed by atoms with Crippen molar-refractivity contribution in [3.8, 4) is 5.88 Å². The number of hydrogen-bond acceptors (Lipinski definition) is 8. The van der Waals surface area contributed by atoms with E-state index in [1.807, 2.05) is 6.92 Å². The predicted octanol–water partition coefficient (Wildman–Crippen LogP) is 1.83. The summed E-state index contributed by atoms with van der Waals surface area (Å²) in [6.07, 6.45) is 5.45. The Bertz CT molecular complexity index is 613. The van der Waals surface area contributed by atoms with Crippen LogP contribution in [0.25, 0.3) is 0 Å². The Morgan fingerprint density at radius 2 is 2.09 bits per heavy atom. The van der Waals surface area contributed by atoms with Gasteiger partial charge in [-0.25, -0.2) is 9.97 Å². The van der Waals surface area contributed by atoms with Gasteiger partial charge in [-0.15, -0.1) is 0 Å². The maximum atomic E-state index is 5.91. The van der Waals surface area contributed by atoms with Crippen LogP contribution in [-0.2, 0) is 11.3 Å². The topological polar surface area (TPSA) is 73.3 Å². The highest BCUT2D eigenvalue weighted by Crippen LogP contribution is 2.24. The van der Waals surface area contributed by atoms with Gasteiger partial charge in [0.05, 0.1) is 11.9 Å². The second kappa shape index (κ2) is 6.97. The first kappa shape index (κ1) is 15.1. The van der Waals surface area contributed by atoms with Gasteiger partial charge in [-0.05, 0) is 6.92 Å². The third kappa shape index (κ3) is 3.69. The van der Waals surface area contributed by atoms with Crippen molar-refractivity contribution in [2.45, 2.75) is 32.5 Å². The van der Waals surface area contributed by atoms with E-state index in [1.165, 1.54) is 11.5 Å². The average Bonchev–Trinajstić information content (AvgIpc) is 2.97. The molecule has 0 aliphatic carbocycles. The highest BCUT2D eigenvalue weighted by atomic mass is 32.1. The number of aryl methyl sites for hydroxylation is 1. The van der Waals surface area contributed by atoms with Gasteiger partial charge >= 0.3 is 0 Å². The number of anilines is 1. The van der Waals surface area contributed by atoms with Gasteiger partial charge in [0.1, 0.15) is 12.7 Å². The Kier molecular flexibility index (Phi) is 4.79. The van der Waals surface area contributed by atoms with Crippen LogP contribution in [0.1, 0.15) is 24.4 Å². The van der Waals surface area contributed by atoms with Crippen molar-refractivity contribution in [3.05, 3.63) is 23.9 Å². The molecule has 0 radical (unpaired) electrons. The zero-order valence-corrected chi connectivity index (χ0v) is 13.5. The van der Waals surface area contributed by atoms with Crippen LogP contribution in [0.15, 0.2) is 12.4 Å². The molecule has 2 aromatic rings. The molecule has 3 rings (SSSR count). The van der Waals surface area contributed by atoms with E-state index in [0.717, 1.165) is 42.6 Å². The smallest absolute Gasteiger partial charge is 0.232 e. The van der Waals surface area contributed by atoms with Crippen LogP contribution in [-0.4, -0.2) is 45.6 Å². The van der Waals surface area contributed by atoms with Crippen LogP contribution in [0.4, 0.5) is 5.13 Å². The monoisotopic (exact) mass is 321 g/mol. The fourth-order valence-electron chi connectivity index (χ4n) is 2.39. The van der Waals surface area contributed by atoms with Crippen LogP contribution in [0.3, 0.4) is 0 Å². The van der Waals surface area contributed by atoms with Gasteiger partial charge in [-0.3, -0.25) is 4.98 Å². The van der Waals surface area contributed by atoms with Crippen molar-refractivity contribution in [2.24, 2.45) is 0 Å². The molecule has 1 aliphatic heterocycles. The Morgan fingerprint density at radius 1 is 1.27 bits per heavy atom. The molecule has 0 amide bonds. The summed E-state index contributed by atoms with van der Waals surface area (Å²) in [6.45, 7) is 4.19. The van der Waals surface area contributed by atoms with Gasteiger partial charge in [0.25, 0.3) is 0 Å². The van der Waals surface area contributed by atoms with Gasteiger partial charge in [0.2, 0.25) is 11.0 Å². The molecule has 8 heteroatoms. The summed E-state index contributed by atoms with van der Waals surface area (Å²) in [4.78, 5) is 15.2. The summed E-state index contributed by atoms with van der Waals surface area (Å²) in [5.41, 5.74) is 0.870. The first-order valence-corrected chi connectivity index (χ1v) is 8.03. The molecule has 22 heavy (non-hydrogen) atoms. The van der Waals surface area contributed by atoms with E-state index in [9.17, 15) is 0 Å². The van der Waals surface area contributed by atoms with Gasteiger partial charge in [-0.2, -0.15) is 4.37 Å². The van der Waals surface area contributed by atoms with Crippen molar-refractivity contribution < 1.29 is 9.47 Å². The lowest BCUT2D eigenvalue weighted by Crippen LogP contribution is -2.38. The number of aromatic nitrogens is 4. The molecule has 118 valence electrons. The lowest BCUT2D eigenvalue weighted by molar-refractivity contribution is 0.163. The van der Waals surface area contributed by atoms with E-state index in [1.54, 1.807) is 19.5 Å². The maximum Gasteiger partial charge on any atom is 0.232 e. The molecule has 0 saturated carbocycles. The van der Waals surface area contributed by atoms with Crippen molar-refractivity contribution in [3.63, 3.8) is 0 Å². The zero-order chi connectivity index (χ0) is 15.4. The molecule has 1 saturated heterocycles. The Balaban J connectivity index is 1.53. The lowest BCUT2D eigenvalue weighted by atomic mass is 10.1.